The van der Waals surface area contributed by atoms with Gasteiger partial charge >= 0.3 is 0 Å². The van der Waals surface area contributed by atoms with Crippen molar-refractivity contribution in [2.45, 2.75) is 43.7 Å². The van der Waals surface area contributed by atoms with Gasteiger partial charge in [-0.1, -0.05) is 92.2 Å². The second-order valence-electron chi connectivity index (χ2n) is 10.4. The van der Waals surface area contributed by atoms with Gasteiger partial charge in [-0.3, -0.25) is 13.9 Å². The third-order valence-electron chi connectivity index (χ3n) is 7.24. The van der Waals surface area contributed by atoms with Crippen LogP contribution in [0.4, 0.5) is 5.69 Å². The maximum absolute atomic E-state index is 14.4. The van der Waals surface area contributed by atoms with Gasteiger partial charge in [0.25, 0.3) is 10.0 Å². The molecule has 0 unspecified atom stereocenters. The number of benzene rings is 4. The summed E-state index contributed by atoms with van der Waals surface area (Å²) in [6.07, 6.45) is 1.95. The summed E-state index contributed by atoms with van der Waals surface area (Å²) in [5, 5.41) is 3.00. The van der Waals surface area contributed by atoms with Crippen molar-refractivity contribution >= 4 is 27.5 Å². The van der Waals surface area contributed by atoms with Crippen LogP contribution in [0.2, 0.25) is 0 Å². The summed E-state index contributed by atoms with van der Waals surface area (Å²) >= 11 is 0. The number of amides is 2. The SMILES string of the molecule is CCCCNC(=O)[C@H](Cc1ccccc1)N(Cc1cccc(OC)c1)C(=O)CN(c1ccccc1)S(=O)(=O)c1ccccc1. The summed E-state index contributed by atoms with van der Waals surface area (Å²) < 4.78 is 34.4. The number of sulfonamides is 1. The number of nitrogens with one attached hydrogen (secondary N) is 1. The van der Waals surface area contributed by atoms with Gasteiger partial charge in [0.15, 0.2) is 0 Å². The lowest BCUT2D eigenvalue weighted by molar-refractivity contribution is -0.140. The van der Waals surface area contributed by atoms with Crippen molar-refractivity contribution in [3.05, 3.63) is 126 Å². The standard InChI is InChI=1S/C35H39N3O5S/c1-3-4-23-36-35(40)33(25-28-15-8-5-9-16-28)37(26-29-17-14-20-31(24-29)43-2)34(39)27-38(30-18-10-6-11-19-30)44(41,42)32-21-12-7-13-22-32/h5-22,24,33H,3-4,23,25-27H2,1-2H3,(H,36,40)/t33-/m0/s1. The molecular weight excluding hydrogens is 574 g/mol. The fourth-order valence-corrected chi connectivity index (χ4v) is 6.31. The van der Waals surface area contributed by atoms with E-state index in [9.17, 15) is 18.0 Å². The number of carbonyl (C=O) groups excluding carboxylic acids is 2. The molecule has 0 fully saturated rings. The molecule has 0 aromatic heterocycles. The number of nitrogens with zero attached hydrogens (tertiary/aromatic N) is 2. The predicted octanol–water partition coefficient (Wildman–Crippen LogP) is 5.45. The molecule has 0 aliphatic rings. The van der Waals surface area contributed by atoms with Gasteiger partial charge in [0.1, 0.15) is 18.3 Å². The lowest BCUT2D eigenvalue weighted by atomic mass is 10.0. The summed E-state index contributed by atoms with van der Waals surface area (Å²) in [6, 6.07) is 32.4. The molecule has 0 aliphatic heterocycles. The highest BCUT2D eigenvalue weighted by Crippen LogP contribution is 2.25. The van der Waals surface area contributed by atoms with Crippen LogP contribution in [0.5, 0.6) is 5.75 Å². The Morgan fingerprint density at radius 1 is 0.818 bits per heavy atom. The minimum atomic E-state index is -4.12. The molecule has 0 aliphatic carbocycles. The van der Waals surface area contributed by atoms with Crippen molar-refractivity contribution in [3.63, 3.8) is 0 Å². The zero-order valence-electron chi connectivity index (χ0n) is 25.1. The maximum atomic E-state index is 14.4. The van der Waals surface area contributed by atoms with Crippen molar-refractivity contribution in [3.8, 4) is 5.75 Å². The largest absolute Gasteiger partial charge is 0.497 e. The summed E-state index contributed by atoms with van der Waals surface area (Å²) in [4.78, 5) is 29.8. The Labute approximate surface area is 260 Å². The molecular formula is C35H39N3O5S. The predicted molar refractivity (Wildman–Crippen MR) is 173 cm³/mol. The third kappa shape index (κ3) is 8.48. The Kier molecular flexibility index (Phi) is 11.5. The van der Waals surface area contributed by atoms with Crippen LogP contribution in [0.1, 0.15) is 30.9 Å². The second kappa shape index (κ2) is 15.7. The Bertz CT molecular complexity index is 1600. The first-order chi connectivity index (χ1) is 21.3. The van der Waals surface area contributed by atoms with Crippen LogP contribution in [-0.4, -0.2) is 51.4 Å². The van der Waals surface area contributed by atoms with Crippen LogP contribution in [0, 0.1) is 0 Å². The van der Waals surface area contributed by atoms with Crippen molar-refractivity contribution < 1.29 is 22.7 Å². The van der Waals surface area contributed by atoms with Crippen molar-refractivity contribution in [1.29, 1.82) is 0 Å². The minimum absolute atomic E-state index is 0.0640. The molecule has 4 rings (SSSR count). The van der Waals surface area contributed by atoms with Gasteiger partial charge in [0, 0.05) is 19.5 Å². The number of ether oxygens (including phenoxy) is 1. The van der Waals surface area contributed by atoms with E-state index in [1.54, 1.807) is 61.7 Å². The molecule has 0 spiro atoms. The molecule has 2 amide bonds. The fraction of sp³-hybridized carbons (Fsp3) is 0.257. The molecule has 1 N–H and O–H groups in total. The quantitative estimate of drug-likeness (QED) is 0.180. The Morgan fingerprint density at radius 2 is 1.43 bits per heavy atom. The summed E-state index contributed by atoms with van der Waals surface area (Å²) in [6.45, 7) is 2.08. The summed E-state index contributed by atoms with van der Waals surface area (Å²) in [7, 11) is -2.56. The van der Waals surface area contributed by atoms with E-state index in [0.29, 0.717) is 18.0 Å². The van der Waals surface area contributed by atoms with Gasteiger partial charge in [-0.05, 0) is 53.9 Å². The molecule has 4 aromatic carbocycles. The normalized spacial score (nSPS) is 11.8. The molecule has 1 atom stereocenters. The molecule has 0 saturated heterocycles. The highest BCUT2D eigenvalue weighted by Gasteiger charge is 2.34. The molecule has 230 valence electrons. The molecule has 8 nitrogen and oxygen atoms in total. The zero-order valence-corrected chi connectivity index (χ0v) is 26.0. The minimum Gasteiger partial charge on any atom is -0.497 e. The van der Waals surface area contributed by atoms with E-state index in [1.165, 1.54) is 17.0 Å². The van der Waals surface area contributed by atoms with Crippen molar-refractivity contribution in [2.75, 3.05) is 24.5 Å². The maximum Gasteiger partial charge on any atom is 0.264 e. The van der Waals surface area contributed by atoms with Crippen LogP contribution >= 0.6 is 0 Å². The summed E-state index contributed by atoms with van der Waals surface area (Å²) in [5.41, 5.74) is 1.97. The van der Waals surface area contributed by atoms with Crippen LogP contribution in [0.3, 0.4) is 0 Å². The van der Waals surface area contributed by atoms with Crippen molar-refractivity contribution in [1.82, 2.24) is 10.2 Å². The monoisotopic (exact) mass is 613 g/mol. The first-order valence-corrected chi connectivity index (χ1v) is 16.1. The van der Waals surface area contributed by atoms with Crippen molar-refractivity contribution in [2.24, 2.45) is 0 Å². The van der Waals surface area contributed by atoms with Gasteiger partial charge in [0.05, 0.1) is 17.7 Å². The number of rotatable bonds is 15. The fourth-order valence-electron chi connectivity index (χ4n) is 4.87. The van der Waals surface area contributed by atoms with Gasteiger partial charge in [-0.25, -0.2) is 8.42 Å². The lowest BCUT2D eigenvalue weighted by Gasteiger charge is -2.34. The second-order valence-corrected chi connectivity index (χ2v) is 12.2. The number of hydrogen-bond donors (Lipinski definition) is 1. The van der Waals surface area contributed by atoms with Gasteiger partial charge in [-0.2, -0.15) is 0 Å². The molecule has 44 heavy (non-hydrogen) atoms. The smallest absolute Gasteiger partial charge is 0.264 e. The Hall–Kier alpha value is -4.63. The van der Waals surface area contributed by atoms with Crippen LogP contribution in [0.25, 0.3) is 0 Å². The van der Waals surface area contributed by atoms with Crippen LogP contribution < -0.4 is 14.4 Å². The van der Waals surface area contributed by atoms with Crippen LogP contribution in [0.15, 0.2) is 120 Å². The van der Waals surface area contributed by atoms with Gasteiger partial charge in [-0.15, -0.1) is 0 Å². The molecule has 0 heterocycles. The Balaban J connectivity index is 1.77. The number of methoxy groups -OCH3 is 1. The van der Waals surface area contributed by atoms with Gasteiger partial charge in [0.2, 0.25) is 11.8 Å². The molecule has 0 bridgehead atoms. The highest BCUT2D eigenvalue weighted by atomic mass is 32.2. The van der Waals surface area contributed by atoms with E-state index in [4.69, 9.17) is 4.74 Å². The first-order valence-electron chi connectivity index (χ1n) is 14.7. The zero-order chi connectivity index (χ0) is 31.4. The molecule has 0 radical (unpaired) electrons. The van der Waals surface area contributed by atoms with E-state index in [2.05, 4.69) is 5.32 Å². The number of hydrogen-bond acceptors (Lipinski definition) is 5. The Morgan fingerprint density at radius 3 is 2.07 bits per heavy atom. The molecule has 0 saturated carbocycles. The highest BCUT2D eigenvalue weighted by molar-refractivity contribution is 7.92. The third-order valence-corrected chi connectivity index (χ3v) is 9.03. The van der Waals surface area contributed by atoms with Gasteiger partial charge < -0.3 is 15.0 Å². The first kappa shape index (κ1) is 32.3. The van der Waals surface area contributed by atoms with E-state index in [1.807, 2.05) is 55.5 Å². The van der Waals surface area contributed by atoms with Crippen LogP contribution in [-0.2, 0) is 32.6 Å². The lowest BCUT2D eigenvalue weighted by Crippen LogP contribution is -2.53. The van der Waals surface area contributed by atoms with E-state index in [-0.39, 0.29) is 23.8 Å². The van der Waals surface area contributed by atoms with E-state index >= 15 is 0 Å². The number of carbonyl (C=O) groups is 2. The summed E-state index contributed by atoms with van der Waals surface area (Å²) in [5.74, 6) is -0.196. The average molecular weight is 614 g/mol. The number of unbranched alkanes of at least 4 members (excludes halogenated alkanes) is 1. The molecule has 9 heteroatoms. The number of anilines is 1. The number of para-hydroxylation sites is 1. The molecule has 4 aromatic rings. The van der Waals surface area contributed by atoms with E-state index in [0.717, 1.165) is 28.3 Å². The van der Waals surface area contributed by atoms with E-state index < -0.39 is 28.5 Å². The topological polar surface area (TPSA) is 96.0 Å². The average Bonchev–Trinajstić information content (AvgIpc) is 3.06.